The van der Waals surface area contributed by atoms with Crippen molar-refractivity contribution in [3.8, 4) is 0 Å². The first-order valence-corrected chi connectivity index (χ1v) is 9.90. The summed E-state index contributed by atoms with van der Waals surface area (Å²) in [5.74, 6) is -1.17. The second-order valence-electron chi connectivity index (χ2n) is 7.47. The van der Waals surface area contributed by atoms with E-state index in [0.29, 0.717) is 29.7 Å². The SMILES string of the molecule is Cc1ccc(C(=Cc2cccc(F)c2)C(=O)N2CCc3cc(C(=O)NO)ccc32)cc1. The van der Waals surface area contributed by atoms with E-state index in [1.165, 1.54) is 12.1 Å². The van der Waals surface area contributed by atoms with Crippen LogP contribution in [0.1, 0.15) is 32.6 Å². The summed E-state index contributed by atoms with van der Waals surface area (Å²) in [5, 5.41) is 8.86. The van der Waals surface area contributed by atoms with Crippen LogP contribution in [0, 0.1) is 12.7 Å². The number of nitrogens with one attached hydrogen (secondary N) is 1. The van der Waals surface area contributed by atoms with Crippen LogP contribution in [0.2, 0.25) is 0 Å². The van der Waals surface area contributed by atoms with E-state index < -0.39 is 5.91 Å². The van der Waals surface area contributed by atoms with Gasteiger partial charge in [0.05, 0.1) is 0 Å². The molecule has 5 nitrogen and oxygen atoms in total. The Labute approximate surface area is 179 Å². The molecule has 0 unspecified atom stereocenters. The first-order valence-electron chi connectivity index (χ1n) is 9.90. The molecule has 3 aromatic rings. The van der Waals surface area contributed by atoms with E-state index in [1.807, 2.05) is 31.2 Å². The zero-order valence-corrected chi connectivity index (χ0v) is 16.9. The number of rotatable bonds is 4. The summed E-state index contributed by atoms with van der Waals surface area (Å²) in [7, 11) is 0. The summed E-state index contributed by atoms with van der Waals surface area (Å²) in [6, 6.07) is 18.7. The summed E-state index contributed by atoms with van der Waals surface area (Å²) in [6.07, 6.45) is 2.29. The van der Waals surface area contributed by atoms with Crippen LogP contribution in [-0.4, -0.2) is 23.6 Å². The van der Waals surface area contributed by atoms with Crippen LogP contribution < -0.4 is 10.4 Å². The molecular weight excluding hydrogens is 395 g/mol. The maximum Gasteiger partial charge on any atom is 0.274 e. The molecule has 0 aliphatic carbocycles. The number of fused-ring (bicyclic) bond motifs is 1. The van der Waals surface area contributed by atoms with Gasteiger partial charge in [-0.25, -0.2) is 9.87 Å². The Morgan fingerprint density at radius 1 is 1.03 bits per heavy atom. The van der Waals surface area contributed by atoms with E-state index in [1.54, 1.807) is 46.8 Å². The van der Waals surface area contributed by atoms with Crippen LogP contribution >= 0.6 is 0 Å². The van der Waals surface area contributed by atoms with Crippen LogP contribution in [0.3, 0.4) is 0 Å². The molecule has 3 aromatic carbocycles. The van der Waals surface area contributed by atoms with Crippen molar-refractivity contribution in [3.05, 3.63) is 100 Å². The third kappa shape index (κ3) is 4.25. The largest absolute Gasteiger partial charge is 0.308 e. The second-order valence-corrected chi connectivity index (χ2v) is 7.47. The predicted molar refractivity (Wildman–Crippen MR) is 117 cm³/mol. The maximum atomic E-state index is 13.7. The van der Waals surface area contributed by atoms with E-state index in [0.717, 1.165) is 22.4 Å². The molecule has 0 spiro atoms. The van der Waals surface area contributed by atoms with Gasteiger partial charge in [0.1, 0.15) is 5.82 Å². The summed E-state index contributed by atoms with van der Waals surface area (Å²) in [6.45, 7) is 2.43. The molecule has 0 fully saturated rings. The summed E-state index contributed by atoms with van der Waals surface area (Å²) in [4.78, 5) is 27.0. The normalized spacial score (nSPS) is 13.1. The van der Waals surface area contributed by atoms with E-state index in [-0.39, 0.29) is 11.7 Å². The number of carbonyl (C=O) groups is 2. The number of halogens is 1. The molecule has 2 amide bonds. The highest BCUT2D eigenvalue weighted by molar-refractivity contribution is 6.30. The molecule has 1 aliphatic heterocycles. The van der Waals surface area contributed by atoms with Crippen LogP contribution in [0.4, 0.5) is 10.1 Å². The summed E-state index contributed by atoms with van der Waals surface area (Å²) in [5.41, 5.74) is 6.38. The summed E-state index contributed by atoms with van der Waals surface area (Å²) >= 11 is 0. The quantitative estimate of drug-likeness (QED) is 0.287. The number of benzene rings is 3. The van der Waals surface area contributed by atoms with Gasteiger partial charge in [0.15, 0.2) is 0 Å². The second kappa shape index (κ2) is 8.53. The van der Waals surface area contributed by atoms with Gasteiger partial charge in [-0.3, -0.25) is 14.8 Å². The molecule has 0 bridgehead atoms. The molecule has 2 N–H and O–H groups in total. The van der Waals surface area contributed by atoms with Crippen molar-refractivity contribution in [3.63, 3.8) is 0 Å². The highest BCUT2D eigenvalue weighted by atomic mass is 19.1. The zero-order valence-electron chi connectivity index (χ0n) is 16.9. The number of carbonyl (C=O) groups excluding carboxylic acids is 2. The lowest BCUT2D eigenvalue weighted by molar-refractivity contribution is -0.113. The minimum atomic E-state index is -0.598. The fourth-order valence-electron chi connectivity index (χ4n) is 3.73. The Bertz CT molecular complexity index is 1190. The number of nitrogens with zero attached hydrogens (tertiary/aromatic N) is 1. The minimum Gasteiger partial charge on any atom is -0.308 e. The van der Waals surface area contributed by atoms with Gasteiger partial charge in [-0.2, -0.15) is 0 Å². The van der Waals surface area contributed by atoms with Gasteiger partial charge in [-0.05, 0) is 66.4 Å². The van der Waals surface area contributed by atoms with Crippen molar-refractivity contribution in [2.75, 3.05) is 11.4 Å². The molecular formula is C25H21FN2O3. The summed E-state index contributed by atoms with van der Waals surface area (Å²) < 4.78 is 13.7. The average Bonchev–Trinajstić information content (AvgIpc) is 3.20. The fraction of sp³-hybridized carbons (Fsp3) is 0.120. The van der Waals surface area contributed by atoms with Gasteiger partial charge in [0, 0.05) is 23.4 Å². The Kier molecular flexibility index (Phi) is 5.64. The molecule has 156 valence electrons. The highest BCUT2D eigenvalue weighted by Crippen LogP contribution is 2.32. The fourth-order valence-corrected chi connectivity index (χ4v) is 3.73. The molecule has 6 heteroatoms. The lowest BCUT2D eigenvalue weighted by atomic mass is 10.00. The smallest absolute Gasteiger partial charge is 0.274 e. The monoisotopic (exact) mass is 416 g/mol. The molecule has 0 radical (unpaired) electrons. The number of aryl methyl sites for hydroxylation is 1. The lowest BCUT2D eigenvalue weighted by Gasteiger charge is -2.20. The predicted octanol–water partition coefficient (Wildman–Crippen LogP) is 4.38. The van der Waals surface area contributed by atoms with E-state index in [2.05, 4.69) is 0 Å². The van der Waals surface area contributed by atoms with Gasteiger partial charge in [-0.15, -0.1) is 0 Å². The van der Waals surface area contributed by atoms with Gasteiger partial charge >= 0.3 is 0 Å². The molecule has 1 aliphatic rings. The molecule has 1 heterocycles. The van der Waals surface area contributed by atoms with Crippen molar-refractivity contribution < 1.29 is 19.2 Å². The Hall–Kier alpha value is -3.77. The molecule has 4 rings (SSSR count). The zero-order chi connectivity index (χ0) is 22.0. The van der Waals surface area contributed by atoms with E-state index >= 15 is 0 Å². The Morgan fingerprint density at radius 2 is 1.77 bits per heavy atom. The standard InChI is InChI=1S/C25H21FN2O3/c1-16-5-7-18(8-6-16)22(14-17-3-2-4-21(26)13-17)25(30)28-12-11-19-15-20(24(29)27-31)9-10-23(19)28/h2-10,13-15,31H,11-12H2,1H3,(H,27,29). The molecule has 0 aromatic heterocycles. The number of hydroxylamine groups is 1. The third-order valence-electron chi connectivity index (χ3n) is 5.34. The Morgan fingerprint density at radius 3 is 2.48 bits per heavy atom. The van der Waals surface area contributed by atoms with Crippen molar-refractivity contribution in [1.29, 1.82) is 0 Å². The number of anilines is 1. The molecule has 31 heavy (non-hydrogen) atoms. The van der Waals surface area contributed by atoms with Crippen molar-refractivity contribution >= 4 is 29.2 Å². The van der Waals surface area contributed by atoms with Gasteiger partial charge < -0.3 is 4.90 Å². The van der Waals surface area contributed by atoms with Crippen LogP contribution in [0.5, 0.6) is 0 Å². The number of hydrogen-bond acceptors (Lipinski definition) is 3. The van der Waals surface area contributed by atoms with Gasteiger partial charge in [0.25, 0.3) is 11.8 Å². The first-order chi connectivity index (χ1) is 15.0. The number of amides is 2. The van der Waals surface area contributed by atoms with Crippen LogP contribution in [0.15, 0.2) is 66.7 Å². The van der Waals surface area contributed by atoms with Crippen molar-refractivity contribution in [1.82, 2.24) is 5.48 Å². The third-order valence-corrected chi connectivity index (χ3v) is 5.34. The maximum absolute atomic E-state index is 13.7. The highest BCUT2D eigenvalue weighted by Gasteiger charge is 2.28. The first kappa shape index (κ1) is 20.5. The molecule has 0 atom stereocenters. The van der Waals surface area contributed by atoms with Crippen molar-refractivity contribution in [2.24, 2.45) is 0 Å². The topological polar surface area (TPSA) is 69.6 Å². The molecule has 0 saturated carbocycles. The van der Waals surface area contributed by atoms with E-state index in [4.69, 9.17) is 5.21 Å². The van der Waals surface area contributed by atoms with Crippen LogP contribution in [-0.2, 0) is 11.2 Å². The Balaban J connectivity index is 1.74. The van der Waals surface area contributed by atoms with Crippen LogP contribution in [0.25, 0.3) is 11.6 Å². The van der Waals surface area contributed by atoms with Gasteiger partial charge in [0.2, 0.25) is 0 Å². The van der Waals surface area contributed by atoms with Crippen molar-refractivity contribution in [2.45, 2.75) is 13.3 Å². The minimum absolute atomic E-state index is 0.203. The van der Waals surface area contributed by atoms with E-state index in [9.17, 15) is 14.0 Å². The molecule has 0 saturated heterocycles. The van der Waals surface area contributed by atoms with Gasteiger partial charge in [-0.1, -0.05) is 42.0 Å². The lowest BCUT2D eigenvalue weighted by Crippen LogP contribution is -2.29. The number of hydrogen-bond donors (Lipinski definition) is 2. The average molecular weight is 416 g/mol.